The van der Waals surface area contributed by atoms with Crippen LogP contribution in [0.2, 0.25) is 5.02 Å². The number of nitrogens with zero attached hydrogens (tertiary/aromatic N) is 1. The molecule has 0 spiro atoms. The van der Waals surface area contributed by atoms with Crippen LogP contribution in [0.3, 0.4) is 0 Å². The summed E-state index contributed by atoms with van der Waals surface area (Å²) in [6.07, 6.45) is 2.84. The Morgan fingerprint density at radius 1 is 0.871 bits per heavy atom. The van der Waals surface area contributed by atoms with Crippen molar-refractivity contribution in [2.24, 2.45) is 0 Å². The molecule has 0 saturated heterocycles. The minimum absolute atomic E-state index is 0.138. The number of pyridine rings is 1. The maximum Gasteiger partial charge on any atom is 0.347 e. The van der Waals surface area contributed by atoms with Gasteiger partial charge in [0.25, 0.3) is 0 Å². The zero-order valence-electron chi connectivity index (χ0n) is 16.8. The van der Waals surface area contributed by atoms with E-state index in [1.165, 1.54) is 32.3 Å². The lowest BCUT2D eigenvalue weighted by molar-refractivity contribution is -0.152. The molecule has 3 rings (SSSR count). The monoisotopic (exact) mass is 441 g/mol. The minimum atomic E-state index is -1.33. The van der Waals surface area contributed by atoms with E-state index in [1.807, 2.05) is 0 Å². The first-order valence-electron chi connectivity index (χ1n) is 9.06. The highest BCUT2D eigenvalue weighted by atomic mass is 35.5. The molecule has 0 bridgehead atoms. The summed E-state index contributed by atoms with van der Waals surface area (Å²) in [4.78, 5) is 37.1. The van der Waals surface area contributed by atoms with Crippen LogP contribution in [0.5, 0.6) is 5.75 Å². The van der Waals surface area contributed by atoms with Crippen LogP contribution in [0, 0.1) is 0 Å². The Hall–Kier alpha value is -3.71. The molecule has 0 saturated carbocycles. The number of aromatic nitrogens is 1. The highest BCUT2D eigenvalue weighted by Crippen LogP contribution is 2.21. The van der Waals surface area contributed by atoms with Gasteiger partial charge in [0.05, 0.1) is 5.56 Å². The van der Waals surface area contributed by atoms with Gasteiger partial charge in [0.15, 0.2) is 11.4 Å². The van der Waals surface area contributed by atoms with Crippen LogP contribution in [0.25, 0.3) is 0 Å². The Morgan fingerprint density at radius 2 is 1.42 bits per heavy atom. The van der Waals surface area contributed by atoms with E-state index in [-0.39, 0.29) is 11.3 Å². The number of ether oxygens (including phenoxy) is 1. The molecule has 31 heavy (non-hydrogen) atoms. The van der Waals surface area contributed by atoms with Gasteiger partial charge in [-0.15, -0.1) is 0 Å². The van der Waals surface area contributed by atoms with Crippen LogP contribution >= 0.6 is 11.6 Å². The van der Waals surface area contributed by atoms with Gasteiger partial charge in [0, 0.05) is 28.5 Å². The number of carbonyl (C=O) groups is 3. The van der Waals surface area contributed by atoms with Gasteiger partial charge in [0.1, 0.15) is 5.75 Å². The molecule has 160 valence electrons. The Bertz CT molecular complexity index is 1050. The average molecular weight is 442 g/mol. The number of aromatic carboxylic acids is 1. The fourth-order valence-electron chi connectivity index (χ4n) is 2.27. The zero-order chi connectivity index (χ0) is 23.0. The molecule has 0 amide bonds. The predicted octanol–water partition coefficient (Wildman–Crippen LogP) is 4.59. The van der Waals surface area contributed by atoms with E-state index >= 15 is 0 Å². The first-order valence-corrected chi connectivity index (χ1v) is 9.44. The summed E-state index contributed by atoms with van der Waals surface area (Å²) in [7, 11) is 0. The lowest BCUT2D eigenvalue weighted by Gasteiger charge is -2.21. The van der Waals surface area contributed by atoms with E-state index < -0.39 is 17.5 Å². The van der Waals surface area contributed by atoms with Crippen LogP contribution in [0.1, 0.15) is 40.1 Å². The van der Waals surface area contributed by atoms with Crippen molar-refractivity contribution in [1.29, 1.82) is 0 Å². The number of rotatable bonds is 6. The highest BCUT2D eigenvalue weighted by Gasteiger charge is 2.29. The van der Waals surface area contributed by atoms with Gasteiger partial charge in [-0.25, -0.2) is 9.59 Å². The molecule has 2 N–H and O–H groups in total. The fourth-order valence-corrected chi connectivity index (χ4v) is 2.40. The number of benzene rings is 2. The first-order chi connectivity index (χ1) is 14.6. The third-order valence-corrected chi connectivity index (χ3v) is 4.27. The number of halogens is 1. The van der Waals surface area contributed by atoms with Crippen molar-refractivity contribution >= 4 is 29.3 Å². The SMILES string of the molecule is CC(C)(Oc1ccc(C(=O)c2ccc(Cl)cc2)cc1)C(=O)O.O=C(O)c1cccnc1. The quantitative estimate of drug-likeness (QED) is 0.537. The van der Waals surface area contributed by atoms with E-state index in [9.17, 15) is 14.4 Å². The molecule has 0 radical (unpaired) electrons. The number of aliphatic carboxylic acids is 1. The van der Waals surface area contributed by atoms with Gasteiger partial charge in [-0.3, -0.25) is 9.78 Å². The molecule has 3 aromatic rings. The van der Waals surface area contributed by atoms with Crippen LogP contribution in [-0.4, -0.2) is 38.5 Å². The molecular formula is C23H20ClNO6. The number of carboxylic acids is 2. The van der Waals surface area contributed by atoms with Crippen molar-refractivity contribution in [3.05, 3.63) is 94.8 Å². The standard InChI is InChI=1S/C17H15ClO4.C6H5NO2/c1-17(2,16(20)21)22-14-9-5-12(6-10-14)15(19)11-3-7-13(18)8-4-11;8-6(9)5-2-1-3-7-4-5/h3-10H,1-2H3,(H,20,21);1-4H,(H,8,9). The molecule has 1 aromatic heterocycles. The van der Waals surface area contributed by atoms with Crippen LogP contribution < -0.4 is 4.74 Å². The molecule has 0 fully saturated rings. The third-order valence-electron chi connectivity index (χ3n) is 4.02. The number of hydrogen-bond donors (Lipinski definition) is 2. The van der Waals surface area contributed by atoms with Crippen LogP contribution in [0.4, 0.5) is 0 Å². The second kappa shape index (κ2) is 10.4. The van der Waals surface area contributed by atoms with Gasteiger partial charge >= 0.3 is 11.9 Å². The Kier molecular flexibility index (Phi) is 7.88. The average Bonchev–Trinajstić information content (AvgIpc) is 2.75. The summed E-state index contributed by atoms with van der Waals surface area (Å²) in [6.45, 7) is 2.92. The highest BCUT2D eigenvalue weighted by molar-refractivity contribution is 6.30. The Labute approximate surface area is 183 Å². The summed E-state index contributed by atoms with van der Waals surface area (Å²) >= 11 is 5.79. The Morgan fingerprint density at radius 3 is 1.84 bits per heavy atom. The smallest absolute Gasteiger partial charge is 0.347 e. The first kappa shape index (κ1) is 23.6. The Balaban J connectivity index is 0.000000316. The van der Waals surface area contributed by atoms with E-state index in [2.05, 4.69) is 4.98 Å². The summed E-state index contributed by atoms with van der Waals surface area (Å²) in [6, 6.07) is 16.1. The van der Waals surface area contributed by atoms with Gasteiger partial charge in [-0.2, -0.15) is 0 Å². The molecule has 0 unspecified atom stereocenters. The maximum atomic E-state index is 12.3. The molecule has 0 aliphatic carbocycles. The molecule has 1 heterocycles. The molecule has 7 nitrogen and oxygen atoms in total. The predicted molar refractivity (Wildman–Crippen MR) is 115 cm³/mol. The molecule has 0 aliphatic rings. The topological polar surface area (TPSA) is 114 Å². The number of carboxylic acid groups (broad SMARTS) is 2. The normalized spacial score (nSPS) is 10.4. The van der Waals surface area contributed by atoms with Crippen molar-refractivity contribution in [2.75, 3.05) is 0 Å². The summed E-state index contributed by atoms with van der Waals surface area (Å²) in [5, 5.41) is 17.9. The number of hydrogen-bond acceptors (Lipinski definition) is 5. The van der Waals surface area contributed by atoms with E-state index in [4.69, 9.17) is 26.6 Å². The second-order valence-electron chi connectivity index (χ2n) is 6.82. The number of carbonyl (C=O) groups excluding carboxylic acids is 1. The van der Waals surface area contributed by atoms with Crippen molar-refractivity contribution in [3.63, 3.8) is 0 Å². The van der Waals surface area contributed by atoms with E-state index in [0.717, 1.165) is 0 Å². The van der Waals surface area contributed by atoms with E-state index in [0.29, 0.717) is 21.9 Å². The lowest BCUT2D eigenvalue weighted by atomic mass is 10.0. The van der Waals surface area contributed by atoms with Crippen LogP contribution in [0.15, 0.2) is 73.1 Å². The van der Waals surface area contributed by atoms with E-state index in [1.54, 1.807) is 54.6 Å². The van der Waals surface area contributed by atoms with Crippen molar-refractivity contribution in [2.45, 2.75) is 19.4 Å². The van der Waals surface area contributed by atoms with Crippen molar-refractivity contribution in [3.8, 4) is 5.75 Å². The zero-order valence-corrected chi connectivity index (χ0v) is 17.5. The molecule has 2 aromatic carbocycles. The number of ketones is 1. The van der Waals surface area contributed by atoms with Gasteiger partial charge in [-0.05, 0) is 74.5 Å². The molecular weight excluding hydrogens is 422 g/mol. The molecule has 0 atom stereocenters. The summed E-state index contributed by atoms with van der Waals surface area (Å²) in [5.41, 5.74) is -0.0916. The van der Waals surface area contributed by atoms with Gasteiger partial charge < -0.3 is 14.9 Å². The van der Waals surface area contributed by atoms with Crippen molar-refractivity contribution < 1.29 is 29.3 Å². The summed E-state index contributed by atoms with van der Waals surface area (Å²) < 4.78 is 5.39. The van der Waals surface area contributed by atoms with Crippen molar-refractivity contribution in [1.82, 2.24) is 4.98 Å². The minimum Gasteiger partial charge on any atom is -0.478 e. The van der Waals surface area contributed by atoms with Gasteiger partial charge in [0.2, 0.25) is 0 Å². The second-order valence-corrected chi connectivity index (χ2v) is 7.26. The lowest BCUT2D eigenvalue weighted by Crippen LogP contribution is -2.37. The molecule has 0 aliphatic heterocycles. The third kappa shape index (κ3) is 6.94. The maximum absolute atomic E-state index is 12.3. The van der Waals surface area contributed by atoms with Gasteiger partial charge in [-0.1, -0.05) is 11.6 Å². The van der Waals surface area contributed by atoms with Crippen LogP contribution in [-0.2, 0) is 4.79 Å². The molecule has 8 heteroatoms. The largest absolute Gasteiger partial charge is 0.478 e. The summed E-state index contributed by atoms with van der Waals surface area (Å²) in [5.74, 6) is -1.75. The fraction of sp³-hybridized carbons (Fsp3) is 0.130.